The van der Waals surface area contributed by atoms with Crippen molar-refractivity contribution >= 4 is 29.9 Å². The number of halogens is 1. The molecule has 1 heterocycles. The van der Waals surface area contributed by atoms with E-state index in [0.717, 1.165) is 78.0 Å². The minimum atomic E-state index is 0. The minimum Gasteiger partial charge on any atom is -0.383 e. The van der Waals surface area contributed by atoms with E-state index in [9.17, 15) is 0 Å². The number of nitrogens with one attached hydrogen (secondary N) is 2. The zero-order chi connectivity index (χ0) is 18.5. The molecule has 0 aromatic heterocycles. The van der Waals surface area contributed by atoms with Crippen molar-refractivity contribution in [1.82, 2.24) is 20.4 Å². The normalized spacial score (nSPS) is 16.5. The number of nitrogens with zero attached hydrogens (tertiary/aromatic N) is 3. The van der Waals surface area contributed by atoms with Crippen molar-refractivity contribution < 1.29 is 9.47 Å². The Bertz CT molecular complexity index is 377. The summed E-state index contributed by atoms with van der Waals surface area (Å²) in [5.41, 5.74) is 0.0481. The van der Waals surface area contributed by atoms with Crippen molar-refractivity contribution in [2.45, 2.75) is 32.7 Å². The van der Waals surface area contributed by atoms with Crippen molar-refractivity contribution in [2.75, 3.05) is 79.8 Å². The van der Waals surface area contributed by atoms with Gasteiger partial charge in [-0.05, 0) is 40.8 Å². The first-order valence-electron chi connectivity index (χ1n) is 9.52. The van der Waals surface area contributed by atoms with E-state index < -0.39 is 0 Å². The molecular weight excluding hydrogens is 445 g/mol. The molecule has 1 saturated heterocycles. The molecule has 0 aliphatic carbocycles. The van der Waals surface area contributed by atoms with Gasteiger partial charge < -0.3 is 25.0 Å². The van der Waals surface area contributed by atoms with Gasteiger partial charge >= 0.3 is 0 Å². The summed E-state index contributed by atoms with van der Waals surface area (Å²) < 4.78 is 10.6. The highest BCUT2D eigenvalue weighted by atomic mass is 127. The Labute approximate surface area is 177 Å². The van der Waals surface area contributed by atoms with Crippen molar-refractivity contribution in [3.8, 4) is 0 Å². The molecule has 26 heavy (non-hydrogen) atoms. The number of methoxy groups -OCH3 is 1. The molecule has 1 aliphatic rings. The molecule has 1 aliphatic heterocycles. The van der Waals surface area contributed by atoms with Crippen LogP contribution in [-0.4, -0.2) is 101 Å². The van der Waals surface area contributed by atoms with Crippen LogP contribution in [0.4, 0.5) is 0 Å². The fourth-order valence-corrected chi connectivity index (χ4v) is 2.80. The number of aliphatic imine (C=N–C) groups is 1. The number of ether oxygens (including phenoxy) is 2. The zero-order valence-electron chi connectivity index (χ0n) is 17.3. The predicted molar refractivity (Wildman–Crippen MR) is 120 cm³/mol. The minimum absolute atomic E-state index is 0. The molecule has 0 bridgehead atoms. The maximum atomic E-state index is 5.45. The van der Waals surface area contributed by atoms with Crippen LogP contribution in [0.5, 0.6) is 0 Å². The van der Waals surface area contributed by atoms with Crippen LogP contribution in [0.15, 0.2) is 4.99 Å². The molecule has 8 heteroatoms. The number of rotatable bonds is 11. The second-order valence-electron chi connectivity index (χ2n) is 7.18. The van der Waals surface area contributed by atoms with Gasteiger partial charge in [0.1, 0.15) is 0 Å². The Morgan fingerprint density at radius 2 is 1.92 bits per heavy atom. The van der Waals surface area contributed by atoms with E-state index in [0.29, 0.717) is 0 Å². The van der Waals surface area contributed by atoms with Gasteiger partial charge in [-0.15, -0.1) is 24.0 Å². The number of hydrogen-bond donors (Lipinski definition) is 2. The monoisotopic (exact) mass is 485 g/mol. The number of hydrogen-bond acceptors (Lipinski definition) is 5. The standard InChI is InChI=1S/C18H39N5O2.HI/c1-6-19-17(20-8-7-9-22(4)10-13-24-5)21-16-18(2,3)23-11-14-25-15-12-23;/h6-16H2,1-5H3,(H2,19,20,21);1H. The molecule has 0 radical (unpaired) electrons. The van der Waals surface area contributed by atoms with Gasteiger partial charge in [0.05, 0.1) is 26.4 Å². The molecule has 0 aromatic rings. The van der Waals surface area contributed by atoms with Gasteiger partial charge in [0.25, 0.3) is 0 Å². The average Bonchev–Trinajstić information content (AvgIpc) is 2.62. The van der Waals surface area contributed by atoms with E-state index in [4.69, 9.17) is 14.5 Å². The molecule has 1 fully saturated rings. The van der Waals surface area contributed by atoms with Crippen LogP contribution in [0.25, 0.3) is 0 Å². The summed E-state index contributed by atoms with van der Waals surface area (Å²) in [5, 5.41) is 6.79. The van der Waals surface area contributed by atoms with Crippen molar-refractivity contribution in [3.63, 3.8) is 0 Å². The summed E-state index contributed by atoms with van der Waals surface area (Å²) in [6, 6.07) is 0. The van der Waals surface area contributed by atoms with Crippen molar-refractivity contribution in [3.05, 3.63) is 0 Å². The fraction of sp³-hybridized carbons (Fsp3) is 0.944. The molecule has 0 amide bonds. The third kappa shape index (κ3) is 10.9. The van der Waals surface area contributed by atoms with Gasteiger partial charge in [-0.1, -0.05) is 0 Å². The van der Waals surface area contributed by atoms with Crippen molar-refractivity contribution in [2.24, 2.45) is 4.99 Å². The highest BCUT2D eigenvalue weighted by Crippen LogP contribution is 2.16. The molecule has 0 spiro atoms. The van der Waals surface area contributed by atoms with Gasteiger partial charge in [-0.2, -0.15) is 0 Å². The number of guanidine groups is 1. The molecule has 0 aromatic carbocycles. The highest BCUT2D eigenvalue weighted by Gasteiger charge is 2.28. The Hall–Kier alpha value is -0.160. The summed E-state index contributed by atoms with van der Waals surface area (Å²) >= 11 is 0. The van der Waals surface area contributed by atoms with E-state index in [1.807, 2.05) is 0 Å². The lowest BCUT2D eigenvalue weighted by Gasteiger charge is -2.39. The summed E-state index contributed by atoms with van der Waals surface area (Å²) in [4.78, 5) is 9.56. The van der Waals surface area contributed by atoms with E-state index in [1.165, 1.54) is 0 Å². The van der Waals surface area contributed by atoms with Crippen LogP contribution < -0.4 is 10.6 Å². The first kappa shape index (κ1) is 25.8. The number of likely N-dealkylation sites (N-methyl/N-ethyl adjacent to an activating group) is 1. The molecule has 0 atom stereocenters. The molecule has 0 unspecified atom stereocenters. The fourth-order valence-electron chi connectivity index (χ4n) is 2.80. The maximum absolute atomic E-state index is 5.45. The van der Waals surface area contributed by atoms with Gasteiger partial charge in [-0.25, -0.2) is 0 Å². The van der Waals surface area contributed by atoms with Gasteiger partial charge in [-0.3, -0.25) is 9.89 Å². The summed E-state index contributed by atoms with van der Waals surface area (Å²) in [6.07, 6.45) is 1.08. The first-order chi connectivity index (χ1) is 12.0. The van der Waals surface area contributed by atoms with Gasteiger partial charge in [0.15, 0.2) is 5.96 Å². The van der Waals surface area contributed by atoms with Gasteiger partial charge in [0, 0.05) is 45.4 Å². The van der Waals surface area contributed by atoms with E-state index in [2.05, 4.69) is 48.3 Å². The topological polar surface area (TPSA) is 61.4 Å². The SMILES string of the molecule is CCNC(=NCC(C)(C)N1CCOCC1)NCCCN(C)CCOC.I. The molecule has 1 rings (SSSR count). The first-order valence-corrected chi connectivity index (χ1v) is 9.52. The lowest BCUT2D eigenvalue weighted by molar-refractivity contribution is -0.00683. The van der Waals surface area contributed by atoms with Crippen LogP contribution in [0.1, 0.15) is 27.2 Å². The van der Waals surface area contributed by atoms with Gasteiger partial charge in [0.2, 0.25) is 0 Å². The van der Waals surface area contributed by atoms with E-state index in [-0.39, 0.29) is 29.5 Å². The van der Waals surface area contributed by atoms with Crippen molar-refractivity contribution in [1.29, 1.82) is 0 Å². The second-order valence-corrected chi connectivity index (χ2v) is 7.18. The Kier molecular flexibility index (Phi) is 14.8. The average molecular weight is 485 g/mol. The third-order valence-electron chi connectivity index (χ3n) is 4.52. The lowest BCUT2D eigenvalue weighted by Crippen LogP contribution is -2.52. The van der Waals surface area contributed by atoms with Crippen LogP contribution >= 0.6 is 24.0 Å². The zero-order valence-corrected chi connectivity index (χ0v) is 19.7. The largest absolute Gasteiger partial charge is 0.383 e. The summed E-state index contributed by atoms with van der Waals surface area (Å²) in [6.45, 7) is 15.6. The third-order valence-corrected chi connectivity index (χ3v) is 4.52. The molecular formula is C18H40IN5O2. The quantitative estimate of drug-likeness (QED) is 0.199. The highest BCUT2D eigenvalue weighted by molar-refractivity contribution is 14.0. The van der Waals surface area contributed by atoms with Crippen LogP contribution in [0, 0.1) is 0 Å². The molecule has 156 valence electrons. The molecule has 2 N–H and O–H groups in total. The van der Waals surface area contributed by atoms with E-state index >= 15 is 0 Å². The second kappa shape index (κ2) is 14.8. The van der Waals surface area contributed by atoms with Crippen LogP contribution in [0.2, 0.25) is 0 Å². The van der Waals surface area contributed by atoms with Crippen LogP contribution in [-0.2, 0) is 9.47 Å². The Morgan fingerprint density at radius 1 is 1.23 bits per heavy atom. The Balaban J connectivity index is 0.00000625. The smallest absolute Gasteiger partial charge is 0.191 e. The number of morpholine rings is 1. The molecule has 7 nitrogen and oxygen atoms in total. The molecule has 0 saturated carbocycles. The summed E-state index contributed by atoms with van der Waals surface area (Å²) in [5.74, 6) is 0.906. The van der Waals surface area contributed by atoms with Crippen LogP contribution in [0.3, 0.4) is 0 Å². The maximum Gasteiger partial charge on any atom is 0.191 e. The summed E-state index contributed by atoms with van der Waals surface area (Å²) in [7, 11) is 3.87. The lowest BCUT2D eigenvalue weighted by atomic mass is 10.0. The predicted octanol–water partition coefficient (Wildman–Crippen LogP) is 1.24. The Morgan fingerprint density at radius 3 is 2.54 bits per heavy atom. The van der Waals surface area contributed by atoms with E-state index in [1.54, 1.807) is 7.11 Å².